The van der Waals surface area contributed by atoms with Crippen molar-refractivity contribution >= 4 is 0 Å². The van der Waals surface area contributed by atoms with Crippen molar-refractivity contribution < 1.29 is 18.3 Å². The van der Waals surface area contributed by atoms with E-state index in [4.69, 9.17) is 5.11 Å². The van der Waals surface area contributed by atoms with Crippen LogP contribution in [0.4, 0.5) is 13.2 Å². The minimum absolute atomic E-state index is 0.0908. The molecule has 15 heavy (non-hydrogen) atoms. The number of rotatable bonds is 2. The number of alkyl halides is 3. The van der Waals surface area contributed by atoms with Crippen LogP contribution in [0.3, 0.4) is 0 Å². The first kappa shape index (κ1) is 10.5. The lowest BCUT2D eigenvalue weighted by Crippen LogP contribution is -2.20. The van der Waals surface area contributed by atoms with Crippen LogP contribution in [-0.4, -0.2) is 11.3 Å². The highest BCUT2D eigenvalue weighted by Gasteiger charge is 2.39. The highest BCUT2D eigenvalue weighted by Crippen LogP contribution is 2.40. The van der Waals surface area contributed by atoms with Crippen molar-refractivity contribution in [3.05, 3.63) is 35.4 Å². The Hall–Kier alpha value is -1.03. The van der Waals surface area contributed by atoms with Gasteiger partial charge in [-0.2, -0.15) is 13.2 Å². The summed E-state index contributed by atoms with van der Waals surface area (Å²) in [5, 5.41) is 8.98. The van der Waals surface area contributed by atoms with Crippen LogP contribution in [0, 0.1) is 0 Å². The second-order valence-electron chi connectivity index (χ2n) is 3.89. The minimum Gasteiger partial charge on any atom is -0.379 e. The molecule has 4 heteroatoms. The predicted molar refractivity (Wildman–Crippen MR) is 49.4 cm³/mol. The molecule has 1 N–H and O–H groups in total. The quantitative estimate of drug-likeness (QED) is 0.805. The molecule has 0 aromatic heterocycles. The van der Waals surface area contributed by atoms with Crippen molar-refractivity contribution in [1.82, 2.24) is 0 Å². The van der Waals surface area contributed by atoms with E-state index in [9.17, 15) is 13.2 Å². The maximum Gasteiger partial charge on any atom is 0.418 e. The first-order valence-corrected chi connectivity index (χ1v) is 4.83. The Morgan fingerprint density at radius 2 is 1.67 bits per heavy atom. The van der Waals surface area contributed by atoms with Crippen LogP contribution in [0.15, 0.2) is 24.3 Å². The van der Waals surface area contributed by atoms with Gasteiger partial charge in [-0.15, -0.1) is 0 Å². The van der Waals surface area contributed by atoms with E-state index in [0.717, 1.165) is 18.4 Å². The van der Waals surface area contributed by atoms with Gasteiger partial charge in [0.2, 0.25) is 0 Å². The largest absolute Gasteiger partial charge is 0.418 e. The molecule has 0 spiro atoms. The molecular weight excluding hydrogens is 205 g/mol. The Morgan fingerprint density at radius 3 is 2.07 bits per heavy atom. The normalized spacial score (nSPS) is 18.9. The van der Waals surface area contributed by atoms with E-state index in [0.29, 0.717) is 5.92 Å². The van der Waals surface area contributed by atoms with E-state index in [1.54, 1.807) is 12.1 Å². The maximum absolute atomic E-state index is 12.2. The maximum atomic E-state index is 12.2. The molecule has 0 radical (unpaired) electrons. The summed E-state index contributed by atoms with van der Waals surface area (Å²) in [7, 11) is 0. The summed E-state index contributed by atoms with van der Waals surface area (Å²) in [5.41, 5.74) is 0.972. The molecule has 1 aliphatic rings. The minimum atomic E-state index is -4.58. The Balaban J connectivity index is 2.15. The fourth-order valence-electron chi connectivity index (χ4n) is 1.56. The molecule has 0 bridgehead atoms. The predicted octanol–water partition coefficient (Wildman–Crippen LogP) is 3.16. The van der Waals surface area contributed by atoms with Gasteiger partial charge in [0, 0.05) is 0 Å². The number of halogens is 3. The van der Waals surface area contributed by atoms with Crippen LogP contribution < -0.4 is 0 Å². The third kappa shape index (κ3) is 2.31. The zero-order valence-electron chi connectivity index (χ0n) is 7.96. The fraction of sp³-hybridized carbons (Fsp3) is 0.455. The van der Waals surface area contributed by atoms with Crippen molar-refractivity contribution in [2.45, 2.75) is 31.0 Å². The Morgan fingerprint density at radius 1 is 1.13 bits per heavy atom. The monoisotopic (exact) mass is 216 g/mol. The van der Waals surface area contributed by atoms with Crippen molar-refractivity contribution in [2.24, 2.45) is 0 Å². The van der Waals surface area contributed by atoms with Gasteiger partial charge in [0.25, 0.3) is 0 Å². The van der Waals surface area contributed by atoms with Crippen LogP contribution in [0.2, 0.25) is 0 Å². The topological polar surface area (TPSA) is 20.2 Å². The zero-order chi connectivity index (χ0) is 11.1. The molecule has 1 atom stereocenters. The van der Waals surface area contributed by atoms with Crippen LogP contribution in [-0.2, 0) is 0 Å². The molecule has 1 aromatic rings. The van der Waals surface area contributed by atoms with Gasteiger partial charge in [-0.3, -0.25) is 0 Å². The average Bonchev–Trinajstić information content (AvgIpc) is 2.99. The highest BCUT2D eigenvalue weighted by molar-refractivity contribution is 5.29. The Kier molecular flexibility index (Phi) is 2.46. The van der Waals surface area contributed by atoms with E-state index >= 15 is 0 Å². The van der Waals surface area contributed by atoms with E-state index in [2.05, 4.69) is 0 Å². The number of aliphatic hydroxyl groups is 1. The Labute approximate surface area is 85.5 Å². The molecule has 0 unspecified atom stereocenters. The molecule has 1 aliphatic carbocycles. The number of hydrogen-bond acceptors (Lipinski definition) is 1. The summed E-state index contributed by atoms with van der Waals surface area (Å²) < 4.78 is 36.5. The van der Waals surface area contributed by atoms with Gasteiger partial charge < -0.3 is 5.11 Å². The number of hydrogen-bond donors (Lipinski definition) is 1. The first-order valence-electron chi connectivity index (χ1n) is 4.83. The van der Waals surface area contributed by atoms with Crippen LogP contribution in [0.25, 0.3) is 0 Å². The summed E-state index contributed by atoms with van der Waals surface area (Å²) in [5.74, 6) is 0.516. The smallest absolute Gasteiger partial charge is 0.379 e. The standard InChI is InChI=1S/C11H11F3O/c12-11(13,14)10(15)9-5-3-8(4-6-9)7-1-2-7/h3-7,10,15H,1-2H2/t10-/m1/s1. The lowest BCUT2D eigenvalue weighted by molar-refractivity contribution is -0.206. The van der Waals surface area contributed by atoms with Gasteiger partial charge in [-0.05, 0) is 29.9 Å². The van der Waals surface area contributed by atoms with Crippen molar-refractivity contribution in [3.8, 4) is 0 Å². The van der Waals surface area contributed by atoms with E-state index < -0.39 is 12.3 Å². The fourth-order valence-corrected chi connectivity index (χ4v) is 1.56. The van der Waals surface area contributed by atoms with E-state index in [1.807, 2.05) is 0 Å². The molecule has 82 valence electrons. The number of aliphatic hydroxyl groups excluding tert-OH is 1. The van der Waals surface area contributed by atoms with Crippen LogP contribution in [0.5, 0.6) is 0 Å². The summed E-state index contributed by atoms with van der Waals surface area (Å²) in [6, 6.07) is 6.04. The zero-order valence-corrected chi connectivity index (χ0v) is 7.96. The van der Waals surface area contributed by atoms with Crippen LogP contribution >= 0.6 is 0 Å². The highest BCUT2D eigenvalue weighted by atomic mass is 19.4. The van der Waals surface area contributed by atoms with Gasteiger partial charge in [-0.1, -0.05) is 24.3 Å². The molecule has 1 fully saturated rings. The van der Waals surface area contributed by atoms with Crippen LogP contribution in [0.1, 0.15) is 36.0 Å². The lowest BCUT2D eigenvalue weighted by Gasteiger charge is -2.14. The summed E-state index contributed by atoms with van der Waals surface area (Å²) >= 11 is 0. The molecule has 1 aromatic carbocycles. The molecule has 0 aliphatic heterocycles. The van der Waals surface area contributed by atoms with Gasteiger partial charge in [0.15, 0.2) is 6.10 Å². The Bertz CT molecular complexity index is 338. The molecular formula is C11H11F3O. The average molecular weight is 216 g/mol. The molecule has 0 saturated heterocycles. The summed E-state index contributed by atoms with van der Waals surface area (Å²) in [6.45, 7) is 0. The first-order chi connectivity index (χ1) is 6.98. The number of benzene rings is 1. The van der Waals surface area contributed by atoms with E-state index in [-0.39, 0.29) is 5.56 Å². The summed E-state index contributed by atoms with van der Waals surface area (Å²) in [4.78, 5) is 0. The molecule has 1 saturated carbocycles. The SMILES string of the molecule is O[C@H](c1ccc(C2CC2)cc1)C(F)(F)F. The second kappa shape index (κ2) is 3.52. The van der Waals surface area contributed by atoms with Gasteiger partial charge in [0.1, 0.15) is 0 Å². The van der Waals surface area contributed by atoms with Crippen molar-refractivity contribution in [1.29, 1.82) is 0 Å². The third-order valence-electron chi connectivity index (χ3n) is 2.61. The lowest BCUT2D eigenvalue weighted by atomic mass is 10.0. The second-order valence-corrected chi connectivity index (χ2v) is 3.89. The summed E-state index contributed by atoms with van der Waals surface area (Å²) in [6.07, 6.45) is -4.73. The molecule has 0 heterocycles. The van der Waals surface area contributed by atoms with Crippen molar-refractivity contribution in [2.75, 3.05) is 0 Å². The third-order valence-corrected chi connectivity index (χ3v) is 2.61. The van der Waals surface area contributed by atoms with Crippen molar-refractivity contribution in [3.63, 3.8) is 0 Å². The molecule has 2 rings (SSSR count). The van der Waals surface area contributed by atoms with E-state index in [1.165, 1.54) is 12.1 Å². The van der Waals surface area contributed by atoms with Gasteiger partial charge in [-0.25, -0.2) is 0 Å². The van der Waals surface area contributed by atoms with Gasteiger partial charge >= 0.3 is 6.18 Å². The van der Waals surface area contributed by atoms with Gasteiger partial charge in [0.05, 0.1) is 0 Å². The molecule has 0 amide bonds. The molecule has 1 nitrogen and oxygen atoms in total.